The monoisotopic (exact) mass is 344 g/mol. The van der Waals surface area contributed by atoms with Crippen molar-refractivity contribution in [1.29, 1.82) is 0 Å². The predicted molar refractivity (Wildman–Crippen MR) is 55.8 cm³/mol. The molecule has 0 saturated carbocycles. The van der Waals surface area contributed by atoms with Gasteiger partial charge in [0, 0.05) is 17.2 Å². The van der Waals surface area contributed by atoms with E-state index in [4.69, 9.17) is 4.74 Å². The Balaban J connectivity index is 0.000000963. The van der Waals surface area contributed by atoms with E-state index in [9.17, 15) is 0 Å². The average Bonchev–Trinajstić information content (AvgIpc) is 2.66. The molecule has 0 bridgehead atoms. The summed E-state index contributed by atoms with van der Waals surface area (Å²) in [6, 6.07) is 15.1. The minimum Gasteiger partial charge on any atom is -1.00 e. The predicted octanol–water partition coefficient (Wildman–Crippen LogP) is -3.19. The van der Waals surface area contributed by atoms with Crippen LogP contribution >= 0.6 is 0 Å². The van der Waals surface area contributed by atoms with Crippen molar-refractivity contribution in [2.45, 2.75) is 0 Å². The highest BCUT2D eigenvalue weighted by molar-refractivity contribution is 5.65. The maximum absolute atomic E-state index is 5.26. The molecule has 0 saturated heterocycles. The molecular weight excluding hydrogens is 334 g/mol. The number of hydrogen-bond acceptors (Lipinski definition) is 1. The average molecular weight is 345 g/mol. The SMILES string of the molecule is COc1ccc2c(c1)[I+]c1ccccc1-2.[Cl-]. The van der Waals surface area contributed by atoms with E-state index in [2.05, 4.69) is 36.4 Å². The Morgan fingerprint density at radius 3 is 2.50 bits per heavy atom. The first-order valence-electron chi connectivity index (χ1n) is 4.81. The van der Waals surface area contributed by atoms with Gasteiger partial charge in [0.15, 0.2) is 0 Å². The molecule has 0 fully saturated rings. The lowest BCUT2D eigenvalue weighted by Crippen LogP contribution is -3.61. The molecule has 0 unspecified atom stereocenters. The molecule has 3 rings (SSSR count). The third-order valence-electron chi connectivity index (χ3n) is 2.54. The highest BCUT2D eigenvalue weighted by Gasteiger charge is 2.32. The molecule has 1 aliphatic heterocycles. The fourth-order valence-corrected chi connectivity index (χ4v) is 4.79. The summed E-state index contributed by atoms with van der Waals surface area (Å²) in [5, 5.41) is 0. The Morgan fingerprint density at radius 1 is 0.938 bits per heavy atom. The standard InChI is InChI=1S/C13H10IO.ClH/c1-15-9-6-7-11-10-4-2-3-5-12(10)14-13(11)8-9;/h2-8H,1H3;1H/q+1;/p-1. The summed E-state index contributed by atoms with van der Waals surface area (Å²) in [6.07, 6.45) is 0. The largest absolute Gasteiger partial charge is 1.00 e. The van der Waals surface area contributed by atoms with Gasteiger partial charge in [-0.05, 0) is 24.3 Å². The summed E-state index contributed by atoms with van der Waals surface area (Å²) >= 11 is -0.000115. The third-order valence-corrected chi connectivity index (χ3v) is 5.54. The second-order valence-corrected chi connectivity index (χ2v) is 6.28. The van der Waals surface area contributed by atoms with Gasteiger partial charge in [0.25, 0.3) is 0 Å². The topological polar surface area (TPSA) is 9.23 Å². The smallest absolute Gasteiger partial charge is 0.359 e. The molecule has 0 aromatic heterocycles. The molecule has 0 radical (unpaired) electrons. The quantitative estimate of drug-likeness (QED) is 0.423. The van der Waals surface area contributed by atoms with Crippen molar-refractivity contribution in [3.8, 4) is 16.9 Å². The van der Waals surface area contributed by atoms with Crippen molar-refractivity contribution in [3.63, 3.8) is 0 Å². The van der Waals surface area contributed by atoms with Crippen LogP contribution in [0.1, 0.15) is 0 Å². The summed E-state index contributed by atoms with van der Waals surface area (Å²) in [5.41, 5.74) is 2.82. The van der Waals surface area contributed by atoms with Gasteiger partial charge >= 0.3 is 21.2 Å². The van der Waals surface area contributed by atoms with Crippen molar-refractivity contribution >= 4 is 0 Å². The number of fused-ring (bicyclic) bond motifs is 3. The van der Waals surface area contributed by atoms with E-state index in [1.54, 1.807) is 7.11 Å². The van der Waals surface area contributed by atoms with Gasteiger partial charge in [-0.25, -0.2) is 0 Å². The van der Waals surface area contributed by atoms with E-state index < -0.39 is 0 Å². The van der Waals surface area contributed by atoms with Crippen LogP contribution in [0, 0.1) is 7.14 Å². The van der Waals surface area contributed by atoms with Crippen LogP contribution in [0.15, 0.2) is 42.5 Å². The van der Waals surface area contributed by atoms with Crippen molar-refractivity contribution < 1.29 is 38.3 Å². The first-order valence-corrected chi connectivity index (χ1v) is 6.96. The normalized spacial score (nSPS) is 11.3. The lowest BCUT2D eigenvalue weighted by Gasteiger charge is -1.98. The molecule has 0 amide bonds. The van der Waals surface area contributed by atoms with Crippen LogP contribution in [0.2, 0.25) is 0 Å². The van der Waals surface area contributed by atoms with E-state index in [0.29, 0.717) is 0 Å². The van der Waals surface area contributed by atoms with Crippen LogP contribution in [0.4, 0.5) is 0 Å². The highest BCUT2D eigenvalue weighted by atomic mass is 127. The molecule has 0 aliphatic carbocycles. The van der Waals surface area contributed by atoms with Crippen LogP contribution < -0.4 is 38.3 Å². The number of halogens is 2. The van der Waals surface area contributed by atoms with Crippen LogP contribution in [0.3, 0.4) is 0 Å². The van der Waals surface area contributed by atoms with Crippen LogP contribution in [0.5, 0.6) is 5.75 Å². The molecule has 1 nitrogen and oxygen atoms in total. The minimum atomic E-state index is -0.000115. The zero-order valence-corrected chi connectivity index (χ0v) is 11.6. The Bertz CT molecular complexity index is 525. The van der Waals surface area contributed by atoms with E-state index in [1.165, 1.54) is 18.3 Å². The van der Waals surface area contributed by atoms with E-state index >= 15 is 0 Å². The summed E-state index contributed by atoms with van der Waals surface area (Å²) in [5.74, 6) is 0.973. The number of hydrogen-bond donors (Lipinski definition) is 0. The first kappa shape index (κ1) is 11.7. The van der Waals surface area contributed by atoms with Gasteiger partial charge in [0.2, 0.25) is 7.14 Å². The minimum absolute atomic E-state index is 0. The van der Waals surface area contributed by atoms with Gasteiger partial charge in [0.1, 0.15) is 5.75 Å². The number of methoxy groups -OCH3 is 1. The van der Waals surface area contributed by atoms with E-state index in [-0.39, 0.29) is 33.6 Å². The molecular formula is C13H10ClIO. The second kappa shape index (κ2) is 4.63. The second-order valence-electron chi connectivity index (χ2n) is 3.42. The van der Waals surface area contributed by atoms with Crippen molar-refractivity contribution in [2.75, 3.05) is 7.11 Å². The highest BCUT2D eigenvalue weighted by Crippen LogP contribution is 2.24. The zero-order chi connectivity index (χ0) is 10.3. The lowest BCUT2D eigenvalue weighted by molar-refractivity contribution is -0.589. The molecule has 1 heterocycles. The van der Waals surface area contributed by atoms with Gasteiger partial charge in [-0.1, -0.05) is 12.1 Å². The molecule has 0 spiro atoms. The van der Waals surface area contributed by atoms with Gasteiger partial charge in [-0.3, -0.25) is 0 Å². The Labute approximate surface area is 111 Å². The zero-order valence-electron chi connectivity index (χ0n) is 8.71. The fourth-order valence-electron chi connectivity index (χ4n) is 1.79. The molecule has 2 aromatic carbocycles. The lowest BCUT2D eigenvalue weighted by atomic mass is 10.1. The van der Waals surface area contributed by atoms with Gasteiger partial charge in [-0.2, -0.15) is 0 Å². The first-order chi connectivity index (χ1) is 7.38. The Morgan fingerprint density at radius 2 is 1.69 bits per heavy atom. The molecule has 82 valence electrons. The summed E-state index contributed by atoms with van der Waals surface area (Å²) in [6.45, 7) is 0. The van der Waals surface area contributed by atoms with Gasteiger partial charge in [-0.15, -0.1) is 0 Å². The summed E-state index contributed by atoms with van der Waals surface area (Å²) < 4.78 is 8.26. The molecule has 0 N–H and O–H groups in total. The maximum Gasteiger partial charge on any atom is 0.359 e. The number of rotatable bonds is 1. The maximum atomic E-state index is 5.26. The van der Waals surface area contributed by atoms with Gasteiger partial charge in [0.05, 0.1) is 7.11 Å². The van der Waals surface area contributed by atoms with Crippen LogP contribution in [-0.4, -0.2) is 7.11 Å². The van der Waals surface area contributed by atoms with Crippen molar-refractivity contribution in [3.05, 3.63) is 49.6 Å². The summed E-state index contributed by atoms with van der Waals surface area (Å²) in [7, 11) is 1.72. The van der Waals surface area contributed by atoms with Crippen LogP contribution in [-0.2, 0) is 0 Å². The molecule has 2 aromatic rings. The van der Waals surface area contributed by atoms with Crippen molar-refractivity contribution in [2.24, 2.45) is 0 Å². The molecule has 1 aliphatic rings. The molecule has 0 atom stereocenters. The van der Waals surface area contributed by atoms with E-state index in [0.717, 1.165) is 5.75 Å². The third kappa shape index (κ3) is 1.80. The molecule has 16 heavy (non-hydrogen) atoms. The molecule has 3 heteroatoms. The fraction of sp³-hybridized carbons (Fsp3) is 0.0769. The van der Waals surface area contributed by atoms with E-state index in [1.807, 2.05) is 6.07 Å². The van der Waals surface area contributed by atoms with Gasteiger partial charge < -0.3 is 17.1 Å². The Hall–Kier alpha value is -0.740. The van der Waals surface area contributed by atoms with Crippen molar-refractivity contribution in [1.82, 2.24) is 0 Å². The number of benzene rings is 2. The number of ether oxygens (including phenoxy) is 1. The summed E-state index contributed by atoms with van der Waals surface area (Å²) in [4.78, 5) is 0. The Kier molecular flexibility index (Phi) is 3.40. The van der Waals surface area contributed by atoms with Crippen LogP contribution in [0.25, 0.3) is 11.1 Å².